The molecule has 0 aromatic heterocycles. The van der Waals surface area contributed by atoms with Gasteiger partial charge in [-0.15, -0.1) is 0 Å². The van der Waals surface area contributed by atoms with Crippen LogP contribution in [0, 0.1) is 0 Å². The van der Waals surface area contributed by atoms with Crippen molar-refractivity contribution in [3.63, 3.8) is 0 Å². The first-order chi connectivity index (χ1) is 9.72. The van der Waals surface area contributed by atoms with Crippen molar-refractivity contribution in [1.82, 2.24) is 4.90 Å². The summed E-state index contributed by atoms with van der Waals surface area (Å²) in [5.74, 6) is 1.04. The molecule has 0 radical (unpaired) electrons. The summed E-state index contributed by atoms with van der Waals surface area (Å²) in [4.78, 5) is 2.69. The number of hydrogen-bond acceptors (Lipinski definition) is 2. The largest absolute Gasteiger partial charge is 0.497 e. The monoisotopic (exact) mass is 271 g/mol. The second-order valence-electron chi connectivity index (χ2n) is 7.13. The van der Waals surface area contributed by atoms with Gasteiger partial charge >= 0.3 is 0 Å². The number of piperidine rings is 1. The minimum Gasteiger partial charge on any atom is -0.497 e. The van der Waals surface area contributed by atoms with Gasteiger partial charge in [0.25, 0.3) is 0 Å². The Hall–Kier alpha value is -1.02. The third kappa shape index (κ3) is 1.74. The van der Waals surface area contributed by atoms with Crippen molar-refractivity contribution < 1.29 is 4.74 Å². The van der Waals surface area contributed by atoms with Crippen molar-refractivity contribution in [2.45, 2.75) is 62.4 Å². The van der Waals surface area contributed by atoms with Crippen LogP contribution in [0.4, 0.5) is 0 Å². The molecule has 3 bridgehead atoms. The SMILES string of the molecule is COc1ccc2c(c1)[C@@]13CCCCC(C1)N(C)[C@@H](C2)C3. The van der Waals surface area contributed by atoms with E-state index in [0.29, 0.717) is 5.41 Å². The van der Waals surface area contributed by atoms with Gasteiger partial charge in [0.2, 0.25) is 0 Å². The molecule has 20 heavy (non-hydrogen) atoms. The first-order valence-corrected chi connectivity index (χ1v) is 8.11. The van der Waals surface area contributed by atoms with Gasteiger partial charge in [0.1, 0.15) is 5.75 Å². The zero-order chi connectivity index (χ0) is 13.7. The van der Waals surface area contributed by atoms with Gasteiger partial charge in [0.05, 0.1) is 7.11 Å². The zero-order valence-electron chi connectivity index (χ0n) is 12.7. The van der Waals surface area contributed by atoms with Crippen LogP contribution in [0.1, 0.15) is 49.7 Å². The average molecular weight is 271 g/mol. The molecule has 2 nitrogen and oxygen atoms in total. The van der Waals surface area contributed by atoms with E-state index in [4.69, 9.17) is 4.74 Å². The summed E-state index contributed by atoms with van der Waals surface area (Å²) in [5.41, 5.74) is 3.64. The van der Waals surface area contributed by atoms with Crippen molar-refractivity contribution in [2.75, 3.05) is 14.2 Å². The second kappa shape index (κ2) is 4.49. The average Bonchev–Trinajstić information content (AvgIpc) is 2.66. The highest BCUT2D eigenvalue weighted by molar-refractivity contribution is 5.44. The van der Waals surface area contributed by atoms with E-state index >= 15 is 0 Å². The molecule has 108 valence electrons. The number of benzene rings is 1. The number of ether oxygens (including phenoxy) is 1. The number of methoxy groups -OCH3 is 1. The lowest BCUT2D eigenvalue weighted by molar-refractivity contribution is 0.0503. The van der Waals surface area contributed by atoms with Crippen LogP contribution in [0.25, 0.3) is 0 Å². The Morgan fingerprint density at radius 2 is 2.05 bits per heavy atom. The Kier molecular flexibility index (Phi) is 2.85. The smallest absolute Gasteiger partial charge is 0.119 e. The van der Waals surface area contributed by atoms with Crippen LogP contribution in [0.5, 0.6) is 5.75 Å². The molecule has 2 fully saturated rings. The Labute approximate surface area is 122 Å². The number of nitrogens with zero attached hydrogens (tertiary/aromatic N) is 1. The summed E-state index contributed by atoms with van der Waals surface area (Å²) in [6, 6.07) is 8.37. The van der Waals surface area contributed by atoms with Gasteiger partial charge in [-0.1, -0.05) is 18.9 Å². The van der Waals surface area contributed by atoms with Gasteiger partial charge in [0, 0.05) is 12.1 Å². The Balaban J connectivity index is 1.85. The van der Waals surface area contributed by atoms with Crippen molar-refractivity contribution in [1.29, 1.82) is 0 Å². The molecule has 0 N–H and O–H groups in total. The lowest BCUT2D eigenvalue weighted by Crippen LogP contribution is -2.55. The molecular weight excluding hydrogens is 246 g/mol. The third-order valence-electron chi connectivity index (χ3n) is 6.19. The van der Waals surface area contributed by atoms with E-state index in [1.807, 2.05) is 0 Å². The summed E-state index contributed by atoms with van der Waals surface area (Å²) in [6.07, 6.45) is 9.53. The van der Waals surface area contributed by atoms with Crippen molar-refractivity contribution in [3.8, 4) is 5.75 Å². The van der Waals surface area contributed by atoms with Crippen LogP contribution in [-0.4, -0.2) is 31.1 Å². The van der Waals surface area contributed by atoms with Crippen LogP contribution < -0.4 is 4.74 Å². The summed E-state index contributed by atoms with van der Waals surface area (Å²) in [5, 5.41) is 0. The molecule has 2 heteroatoms. The van der Waals surface area contributed by atoms with E-state index in [2.05, 4.69) is 30.1 Å². The van der Waals surface area contributed by atoms with Gasteiger partial charge < -0.3 is 9.64 Å². The highest BCUT2D eigenvalue weighted by atomic mass is 16.5. The molecule has 3 aliphatic rings. The zero-order valence-corrected chi connectivity index (χ0v) is 12.7. The maximum atomic E-state index is 5.49. The van der Waals surface area contributed by atoms with E-state index in [1.165, 1.54) is 44.9 Å². The highest BCUT2D eigenvalue weighted by Gasteiger charge is 2.48. The summed E-state index contributed by atoms with van der Waals surface area (Å²) >= 11 is 0. The van der Waals surface area contributed by atoms with Gasteiger partial charge in [-0.2, -0.15) is 0 Å². The maximum Gasteiger partial charge on any atom is 0.119 e. The molecule has 4 rings (SSSR count). The summed E-state index contributed by atoms with van der Waals surface area (Å²) in [7, 11) is 4.15. The fourth-order valence-corrected chi connectivity index (χ4v) is 5.10. The maximum absolute atomic E-state index is 5.49. The molecule has 3 atom stereocenters. The van der Waals surface area contributed by atoms with Crippen LogP contribution in [-0.2, 0) is 11.8 Å². The van der Waals surface area contributed by atoms with Crippen molar-refractivity contribution in [2.24, 2.45) is 0 Å². The molecule has 1 heterocycles. The van der Waals surface area contributed by atoms with Crippen LogP contribution in [0.15, 0.2) is 18.2 Å². The predicted octanol–water partition coefficient (Wildman–Crippen LogP) is 3.53. The Morgan fingerprint density at radius 3 is 2.90 bits per heavy atom. The molecule has 1 saturated carbocycles. The second-order valence-corrected chi connectivity index (χ2v) is 7.13. The molecule has 0 amide bonds. The molecule has 1 saturated heterocycles. The van der Waals surface area contributed by atoms with E-state index < -0.39 is 0 Å². The topological polar surface area (TPSA) is 12.5 Å². The lowest BCUT2D eigenvalue weighted by Gasteiger charge is -2.53. The summed E-state index contributed by atoms with van der Waals surface area (Å²) in [6.45, 7) is 0. The molecule has 2 aliphatic carbocycles. The fraction of sp³-hybridized carbons (Fsp3) is 0.667. The number of likely N-dealkylation sites (tertiary alicyclic amines) is 1. The molecule has 1 unspecified atom stereocenters. The number of rotatable bonds is 1. The number of hydrogen-bond donors (Lipinski definition) is 0. The van der Waals surface area contributed by atoms with Gasteiger partial charge in [-0.05, 0) is 67.8 Å². The van der Waals surface area contributed by atoms with Crippen molar-refractivity contribution >= 4 is 0 Å². The molecular formula is C18H25NO. The Bertz CT molecular complexity index is 526. The Morgan fingerprint density at radius 1 is 1.20 bits per heavy atom. The molecule has 1 spiro atoms. The first kappa shape index (κ1) is 12.7. The number of likely N-dealkylation sites (N-methyl/N-ethyl adjacent to an activating group) is 1. The minimum absolute atomic E-state index is 0.445. The van der Waals surface area contributed by atoms with Crippen LogP contribution >= 0.6 is 0 Å². The van der Waals surface area contributed by atoms with E-state index in [0.717, 1.165) is 17.8 Å². The standard InChI is InChI=1S/C18H25NO/c1-19-14-5-3-4-8-18(11-14)12-15(19)9-13-6-7-16(20-2)10-17(13)18/h6-7,10,14-15H,3-5,8-9,11-12H2,1-2H3/t14?,15-,18-/m0/s1. The van der Waals surface area contributed by atoms with Gasteiger partial charge in [-0.3, -0.25) is 0 Å². The van der Waals surface area contributed by atoms with E-state index in [9.17, 15) is 0 Å². The highest BCUT2D eigenvalue weighted by Crippen LogP contribution is 2.52. The summed E-state index contributed by atoms with van der Waals surface area (Å²) < 4.78 is 5.49. The molecule has 1 aliphatic heterocycles. The molecule has 1 aromatic carbocycles. The van der Waals surface area contributed by atoms with E-state index in [-0.39, 0.29) is 0 Å². The fourth-order valence-electron chi connectivity index (χ4n) is 5.10. The number of fused-ring (bicyclic) bond motifs is 3. The predicted molar refractivity (Wildman–Crippen MR) is 81.4 cm³/mol. The van der Waals surface area contributed by atoms with Crippen LogP contribution in [0.2, 0.25) is 0 Å². The quantitative estimate of drug-likeness (QED) is 0.775. The first-order valence-electron chi connectivity index (χ1n) is 8.11. The van der Waals surface area contributed by atoms with Gasteiger partial charge in [-0.25, -0.2) is 0 Å². The van der Waals surface area contributed by atoms with E-state index in [1.54, 1.807) is 18.2 Å². The van der Waals surface area contributed by atoms with Gasteiger partial charge in [0.15, 0.2) is 0 Å². The van der Waals surface area contributed by atoms with Crippen LogP contribution in [0.3, 0.4) is 0 Å². The minimum atomic E-state index is 0.445. The normalized spacial score (nSPS) is 36.1. The lowest BCUT2D eigenvalue weighted by atomic mass is 9.61. The van der Waals surface area contributed by atoms with Crippen molar-refractivity contribution in [3.05, 3.63) is 29.3 Å². The molecule has 1 aromatic rings. The third-order valence-corrected chi connectivity index (χ3v) is 6.19.